The molecule has 0 aliphatic carbocycles. The van der Waals surface area contributed by atoms with E-state index in [1.807, 2.05) is 54.6 Å². The summed E-state index contributed by atoms with van der Waals surface area (Å²) >= 11 is 0. The van der Waals surface area contributed by atoms with E-state index in [4.69, 9.17) is 0 Å². The molecule has 1 atom stereocenters. The van der Waals surface area contributed by atoms with Gasteiger partial charge in [0.25, 0.3) is 0 Å². The maximum atomic E-state index is 12.3. The zero-order valence-electron chi connectivity index (χ0n) is 12.8. The van der Waals surface area contributed by atoms with Crippen LogP contribution < -0.4 is 0 Å². The van der Waals surface area contributed by atoms with E-state index in [2.05, 4.69) is 4.98 Å². The summed E-state index contributed by atoms with van der Waals surface area (Å²) in [4.78, 5) is 14.2. The van der Waals surface area contributed by atoms with Crippen LogP contribution in [0.1, 0.15) is 11.1 Å². The van der Waals surface area contributed by atoms with Crippen LogP contribution in [-0.4, -0.2) is 20.7 Å². The van der Waals surface area contributed by atoms with E-state index in [9.17, 15) is 14.3 Å². The Kier molecular flexibility index (Phi) is 4.86. The first kappa shape index (κ1) is 16.1. The van der Waals surface area contributed by atoms with Gasteiger partial charge in [-0.05, 0) is 35.4 Å². The third kappa shape index (κ3) is 3.60. The number of benzene rings is 2. The second kappa shape index (κ2) is 7.23. The molecule has 1 aromatic heterocycles. The lowest BCUT2D eigenvalue weighted by atomic mass is 10.0. The number of fused-ring (bicyclic) bond motifs is 1. The fourth-order valence-corrected chi connectivity index (χ4v) is 3.45. The third-order valence-electron chi connectivity index (χ3n) is 3.73. The summed E-state index contributed by atoms with van der Waals surface area (Å²) in [7, 11) is -1.23. The van der Waals surface area contributed by atoms with Crippen molar-refractivity contribution in [3.8, 4) is 0 Å². The van der Waals surface area contributed by atoms with Gasteiger partial charge in [-0.15, -0.1) is 0 Å². The van der Waals surface area contributed by atoms with Crippen LogP contribution in [0.2, 0.25) is 0 Å². The van der Waals surface area contributed by atoms with Crippen LogP contribution in [0.25, 0.3) is 17.0 Å². The van der Waals surface area contributed by atoms with Crippen molar-refractivity contribution in [1.82, 2.24) is 4.98 Å². The summed E-state index contributed by atoms with van der Waals surface area (Å²) in [6, 6.07) is 15.0. The van der Waals surface area contributed by atoms with E-state index in [0.717, 1.165) is 26.9 Å². The van der Waals surface area contributed by atoms with Gasteiger partial charge in [-0.1, -0.05) is 30.3 Å². The number of hydrogen-bond acceptors (Lipinski definition) is 3. The second-order valence-electron chi connectivity index (χ2n) is 5.30. The van der Waals surface area contributed by atoms with E-state index in [0.29, 0.717) is 6.42 Å². The molecule has 0 radical (unpaired) electrons. The van der Waals surface area contributed by atoms with Gasteiger partial charge >= 0.3 is 0 Å². The molecule has 3 aromatic rings. The van der Waals surface area contributed by atoms with Gasteiger partial charge in [0.15, 0.2) is 0 Å². The smallest absolute Gasteiger partial charge is 0.207 e. The van der Waals surface area contributed by atoms with Crippen molar-refractivity contribution in [3.05, 3.63) is 81.4 Å². The SMILES string of the molecule is O=[N+]([O-])CCc1c[nH]c2cccc(/C=C\S(=O)c3ccccc3)c12. The first-order valence-corrected chi connectivity index (χ1v) is 8.71. The predicted octanol–water partition coefficient (Wildman–Crippen LogP) is 3.77. The average molecular weight is 340 g/mol. The van der Waals surface area contributed by atoms with Crippen molar-refractivity contribution in [2.24, 2.45) is 0 Å². The molecule has 6 heteroatoms. The predicted molar refractivity (Wildman–Crippen MR) is 95.7 cm³/mol. The molecular formula is C18H16N2O3S. The highest BCUT2D eigenvalue weighted by molar-refractivity contribution is 7.88. The van der Waals surface area contributed by atoms with Crippen LogP contribution >= 0.6 is 0 Å². The molecule has 1 N–H and O–H groups in total. The minimum Gasteiger partial charge on any atom is -0.361 e. The lowest BCUT2D eigenvalue weighted by molar-refractivity contribution is -0.479. The van der Waals surface area contributed by atoms with E-state index >= 15 is 0 Å². The van der Waals surface area contributed by atoms with E-state index in [1.54, 1.807) is 11.6 Å². The number of rotatable bonds is 6. The topological polar surface area (TPSA) is 76.0 Å². The molecule has 2 aromatic carbocycles. The molecule has 0 amide bonds. The third-order valence-corrected chi connectivity index (χ3v) is 4.85. The minimum absolute atomic E-state index is 0.110. The molecule has 0 aliphatic heterocycles. The number of nitro groups is 1. The van der Waals surface area contributed by atoms with Crippen LogP contribution in [0, 0.1) is 10.1 Å². The zero-order valence-corrected chi connectivity index (χ0v) is 13.7. The highest BCUT2D eigenvalue weighted by Gasteiger charge is 2.09. The maximum absolute atomic E-state index is 12.3. The number of nitrogens with one attached hydrogen (secondary N) is 1. The molecule has 0 bridgehead atoms. The number of nitrogens with zero attached hydrogens (tertiary/aromatic N) is 1. The largest absolute Gasteiger partial charge is 0.361 e. The fourth-order valence-electron chi connectivity index (χ4n) is 2.60. The molecule has 0 aliphatic rings. The molecule has 0 saturated carbocycles. The summed E-state index contributed by atoms with van der Waals surface area (Å²) in [5.74, 6) is 0. The van der Waals surface area contributed by atoms with E-state index in [-0.39, 0.29) is 11.5 Å². The molecule has 122 valence electrons. The van der Waals surface area contributed by atoms with E-state index < -0.39 is 10.8 Å². The Labute approximate surface area is 141 Å². The maximum Gasteiger partial charge on any atom is 0.207 e. The Hall–Kier alpha value is -2.73. The van der Waals surface area contributed by atoms with Crippen molar-refractivity contribution >= 4 is 27.8 Å². The summed E-state index contributed by atoms with van der Waals surface area (Å²) in [5.41, 5.74) is 2.71. The molecule has 0 fully saturated rings. The monoisotopic (exact) mass is 340 g/mol. The van der Waals surface area contributed by atoms with Crippen molar-refractivity contribution in [1.29, 1.82) is 0 Å². The van der Waals surface area contributed by atoms with Crippen LogP contribution in [0.15, 0.2) is 65.0 Å². The fraction of sp³-hybridized carbons (Fsp3) is 0.111. The van der Waals surface area contributed by atoms with Crippen molar-refractivity contribution in [2.45, 2.75) is 11.3 Å². The number of aromatic nitrogens is 1. The lowest BCUT2D eigenvalue weighted by Gasteiger charge is -2.01. The van der Waals surface area contributed by atoms with Crippen LogP contribution in [-0.2, 0) is 17.2 Å². The number of aromatic amines is 1. The molecule has 1 heterocycles. The zero-order chi connectivity index (χ0) is 16.9. The Balaban J connectivity index is 1.91. The first-order valence-electron chi connectivity index (χ1n) is 7.50. The van der Waals surface area contributed by atoms with Gasteiger partial charge in [0.05, 0.1) is 10.8 Å². The van der Waals surface area contributed by atoms with Crippen LogP contribution in [0.5, 0.6) is 0 Å². The standard InChI is InChI=1S/C18H16N2O3S/c21-20(22)11-9-15-13-19-17-8-4-5-14(18(15)17)10-12-24(23)16-6-2-1-3-7-16/h1-8,10,12-13,19H,9,11H2/b12-10-. The number of hydrogen-bond donors (Lipinski definition) is 1. The summed E-state index contributed by atoms with van der Waals surface area (Å²) in [6.07, 6.45) is 3.98. The quantitative estimate of drug-likeness (QED) is 0.548. The number of H-pyrrole nitrogens is 1. The van der Waals surface area contributed by atoms with Gasteiger partial charge in [0.1, 0.15) is 0 Å². The van der Waals surface area contributed by atoms with Gasteiger partial charge in [-0.3, -0.25) is 10.1 Å². The van der Waals surface area contributed by atoms with Gasteiger partial charge in [-0.25, -0.2) is 4.21 Å². The normalized spacial score (nSPS) is 12.7. The van der Waals surface area contributed by atoms with Crippen molar-refractivity contribution < 1.29 is 9.13 Å². The van der Waals surface area contributed by atoms with Gasteiger partial charge < -0.3 is 4.98 Å². The molecule has 0 saturated heterocycles. The highest BCUT2D eigenvalue weighted by atomic mass is 32.2. The van der Waals surface area contributed by atoms with Gasteiger partial charge in [0, 0.05) is 38.7 Å². The van der Waals surface area contributed by atoms with Crippen molar-refractivity contribution in [3.63, 3.8) is 0 Å². The Morgan fingerprint density at radius 1 is 1.12 bits per heavy atom. The highest BCUT2D eigenvalue weighted by Crippen LogP contribution is 2.24. The van der Waals surface area contributed by atoms with E-state index in [1.165, 1.54) is 0 Å². The van der Waals surface area contributed by atoms with Gasteiger partial charge in [-0.2, -0.15) is 0 Å². The van der Waals surface area contributed by atoms with Gasteiger partial charge in [0.2, 0.25) is 6.54 Å². The van der Waals surface area contributed by atoms with Crippen LogP contribution in [0.3, 0.4) is 0 Å². The molecule has 3 rings (SSSR count). The molecular weight excluding hydrogens is 324 g/mol. The molecule has 1 unspecified atom stereocenters. The molecule has 0 spiro atoms. The summed E-state index contributed by atoms with van der Waals surface area (Å²) in [6.45, 7) is -0.110. The first-order chi connectivity index (χ1) is 11.6. The van der Waals surface area contributed by atoms with Crippen molar-refractivity contribution in [2.75, 3.05) is 6.54 Å². The lowest BCUT2D eigenvalue weighted by Crippen LogP contribution is -2.03. The average Bonchev–Trinajstić information content (AvgIpc) is 3.02. The minimum atomic E-state index is -1.23. The second-order valence-corrected chi connectivity index (χ2v) is 6.64. The Morgan fingerprint density at radius 3 is 2.67 bits per heavy atom. The molecule has 24 heavy (non-hydrogen) atoms. The Bertz CT molecular complexity index is 916. The van der Waals surface area contributed by atoms with Crippen LogP contribution in [0.4, 0.5) is 0 Å². The summed E-state index contributed by atoms with van der Waals surface area (Å²) in [5, 5.41) is 13.2. The Morgan fingerprint density at radius 2 is 1.92 bits per heavy atom. The molecule has 5 nitrogen and oxygen atoms in total. The summed E-state index contributed by atoms with van der Waals surface area (Å²) < 4.78 is 12.3.